The van der Waals surface area contributed by atoms with Gasteiger partial charge in [-0.25, -0.2) is 14.6 Å². The topological polar surface area (TPSA) is 94.8 Å². The molecule has 1 aromatic rings. The molecule has 1 aliphatic rings. The number of rotatable bonds is 2. The molecule has 0 bridgehead atoms. The molecule has 0 spiro atoms. The number of thiazole rings is 1. The minimum absolute atomic E-state index is 0.0913. The van der Waals surface area contributed by atoms with Crippen LogP contribution in [0.1, 0.15) is 64.9 Å². The number of piperidine rings is 1. The third-order valence-corrected chi connectivity index (χ3v) is 4.10. The van der Waals surface area contributed by atoms with E-state index in [1.807, 2.05) is 31.1 Å². The van der Waals surface area contributed by atoms with Gasteiger partial charge in [0.25, 0.3) is 0 Å². The van der Waals surface area contributed by atoms with Crippen molar-refractivity contribution in [2.24, 2.45) is 5.73 Å². The summed E-state index contributed by atoms with van der Waals surface area (Å²) in [6.07, 6.45) is 3.93. The third kappa shape index (κ3) is 8.20. The summed E-state index contributed by atoms with van der Waals surface area (Å²) < 4.78 is 9.86. The summed E-state index contributed by atoms with van der Waals surface area (Å²) >= 11 is 1.61. The van der Waals surface area contributed by atoms with E-state index in [0.29, 0.717) is 0 Å². The molecule has 25 heavy (non-hydrogen) atoms. The molecule has 2 N–H and O–H groups in total. The molecule has 1 aliphatic heterocycles. The maximum Gasteiger partial charge on any atom is 0.410 e. The average Bonchev–Trinajstić information content (AvgIpc) is 2.98. The summed E-state index contributed by atoms with van der Waals surface area (Å²) in [5, 5.41) is 2.97. The van der Waals surface area contributed by atoms with E-state index in [9.17, 15) is 9.59 Å². The first-order chi connectivity index (χ1) is 11.6. The fraction of sp³-hybridized carbons (Fsp3) is 0.706. The predicted octanol–water partition coefficient (Wildman–Crippen LogP) is 4.10. The van der Waals surface area contributed by atoms with Crippen LogP contribution < -0.4 is 5.73 Å². The van der Waals surface area contributed by atoms with Gasteiger partial charge in [0.1, 0.15) is 10.6 Å². The molecule has 2 rings (SSSR count). The Hall–Kier alpha value is -1.83. The van der Waals surface area contributed by atoms with Crippen molar-refractivity contribution >= 4 is 23.5 Å². The summed E-state index contributed by atoms with van der Waals surface area (Å²) in [4.78, 5) is 28.2. The molecule has 8 heteroatoms. The van der Waals surface area contributed by atoms with Gasteiger partial charge in [-0.1, -0.05) is 0 Å². The molecule has 0 aliphatic carbocycles. The Morgan fingerprint density at radius 2 is 2.04 bits per heavy atom. The molecule has 142 valence electrons. The standard InChI is InChI=1S/C13H20N2O2S.C4H9NO2/c1-13(2,3)17-12(16)15-8-5-4-6-10(15)11-14-7-9-18-11;1-3(2)7-4(5)6/h7,9-10H,4-6,8H2,1-3H3;3H,1-2H3,(H2,5,6)/t10-;/m0./s1. The van der Waals surface area contributed by atoms with Crippen LogP contribution in [-0.2, 0) is 9.47 Å². The van der Waals surface area contributed by atoms with Crippen LogP contribution >= 0.6 is 11.3 Å². The normalized spacial score (nSPS) is 17.5. The van der Waals surface area contributed by atoms with Crippen LogP contribution in [0.25, 0.3) is 0 Å². The number of nitrogens with two attached hydrogens (primary N) is 1. The minimum Gasteiger partial charge on any atom is -0.447 e. The Labute approximate surface area is 153 Å². The zero-order valence-corrected chi connectivity index (χ0v) is 16.5. The zero-order chi connectivity index (χ0) is 19.0. The highest BCUT2D eigenvalue weighted by atomic mass is 32.1. The lowest BCUT2D eigenvalue weighted by Gasteiger charge is -2.35. The largest absolute Gasteiger partial charge is 0.447 e. The fourth-order valence-electron chi connectivity index (χ4n) is 2.36. The molecule has 0 unspecified atom stereocenters. The van der Waals surface area contributed by atoms with E-state index in [1.54, 1.807) is 31.4 Å². The van der Waals surface area contributed by atoms with Crippen molar-refractivity contribution < 1.29 is 19.1 Å². The van der Waals surface area contributed by atoms with Gasteiger partial charge in [-0.05, 0) is 53.9 Å². The number of nitrogens with zero attached hydrogens (tertiary/aromatic N) is 2. The quantitative estimate of drug-likeness (QED) is 0.844. The van der Waals surface area contributed by atoms with E-state index in [0.717, 1.165) is 30.8 Å². The Bertz CT molecular complexity index is 541. The number of hydrogen-bond donors (Lipinski definition) is 1. The Kier molecular flexibility index (Phi) is 8.15. The van der Waals surface area contributed by atoms with Crippen molar-refractivity contribution in [3.63, 3.8) is 0 Å². The van der Waals surface area contributed by atoms with Crippen molar-refractivity contribution in [3.8, 4) is 0 Å². The molecule has 0 radical (unpaired) electrons. The number of likely N-dealkylation sites (tertiary alicyclic amines) is 1. The number of primary amides is 1. The molecule has 0 saturated carbocycles. The number of amides is 2. The highest BCUT2D eigenvalue weighted by Gasteiger charge is 2.32. The van der Waals surface area contributed by atoms with Gasteiger partial charge < -0.3 is 15.2 Å². The van der Waals surface area contributed by atoms with E-state index < -0.39 is 11.7 Å². The second-order valence-corrected chi connectivity index (χ2v) is 7.97. The molecule has 7 nitrogen and oxygen atoms in total. The summed E-state index contributed by atoms with van der Waals surface area (Å²) in [5.41, 5.74) is 4.19. The van der Waals surface area contributed by atoms with Crippen molar-refractivity contribution in [1.29, 1.82) is 0 Å². The van der Waals surface area contributed by atoms with Gasteiger partial charge in [0.05, 0.1) is 12.1 Å². The summed E-state index contributed by atoms with van der Waals surface area (Å²) in [5.74, 6) is 0. The van der Waals surface area contributed by atoms with Crippen molar-refractivity contribution in [3.05, 3.63) is 16.6 Å². The molecule has 1 saturated heterocycles. The molecule has 1 aromatic heterocycles. The van der Waals surface area contributed by atoms with E-state index in [1.165, 1.54) is 0 Å². The number of carbonyl (C=O) groups excluding carboxylic acids is 2. The molecule has 2 amide bonds. The van der Waals surface area contributed by atoms with Gasteiger partial charge in [-0.2, -0.15) is 0 Å². The molecular formula is C17H29N3O4S. The Morgan fingerprint density at radius 1 is 1.36 bits per heavy atom. The monoisotopic (exact) mass is 371 g/mol. The van der Waals surface area contributed by atoms with Gasteiger partial charge in [0.15, 0.2) is 0 Å². The molecule has 2 heterocycles. The first kappa shape index (κ1) is 21.2. The van der Waals surface area contributed by atoms with Crippen LogP contribution in [0.15, 0.2) is 11.6 Å². The van der Waals surface area contributed by atoms with Crippen LogP contribution in [0.3, 0.4) is 0 Å². The van der Waals surface area contributed by atoms with Crippen LogP contribution in [-0.4, -0.2) is 40.3 Å². The third-order valence-electron chi connectivity index (χ3n) is 3.22. The maximum atomic E-state index is 12.2. The number of hydrogen-bond acceptors (Lipinski definition) is 6. The number of ether oxygens (including phenoxy) is 2. The van der Waals surface area contributed by atoms with Crippen LogP contribution in [0.4, 0.5) is 9.59 Å². The molecule has 1 fully saturated rings. The summed E-state index contributed by atoms with van der Waals surface area (Å²) in [6, 6.07) is 0.0913. The van der Waals surface area contributed by atoms with Crippen LogP contribution in [0.5, 0.6) is 0 Å². The fourth-order valence-corrected chi connectivity index (χ4v) is 3.14. The molecular weight excluding hydrogens is 342 g/mol. The van der Waals surface area contributed by atoms with Gasteiger partial charge >= 0.3 is 12.2 Å². The van der Waals surface area contributed by atoms with Crippen molar-refractivity contribution in [1.82, 2.24) is 9.88 Å². The average molecular weight is 372 g/mol. The van der Waals surface area contributed by atoms with Gasteiger partial charge in [-0.3, -0.25) is 4.90 Å². The van der Waals surface area contributed by atoms with E-state index >= 15 is 0 Å². The maximum absolute atomic E-state index is 12.2. The van der Waals surface area contributed by atoms with Gasteiger partial charge in [0.2, 0.25) is 0 Å². The van der Waals surface area contributed by atoms with Crippen molar-refractivity contribution in [2.45, 2.75) is 71.6 Å². The summed E-state index contributed by atoms with van der Waals surface area (Å²) in [7, 11) is 0. The van der Waals surface area contributed by atoms with E-state index in [-0.39, 0.29) is 18.2 Å². The van der Waals surface area contributed by atoms with Crippen molar-refractivity contribution in [2.75, 3.05) is 6.54 Å². The first-order valence-corrected chi connectivity index (χ1v) is 9.33. The zero-order valence-electron chi connectivity index (χ0n) is 15.7. The highest BCUT2D eigenvalue weighted by Crippen LogP contribution is 2.33. The second-order valence-electron chi connectivity index (χ2n) is 7.04. The van der Waals surface area contributed by atoms with E-state index in [4.69, 9.17) is 4.74 Å². The Morgan fingerprint density at radius 3 is 2.48 bits per heavy atom. The number of carbonyl (C=O) groups is 2. The molecule has 0 aromatic carbocycles. The van der Waals surface area contributed by atoms with Crippen LogP contribution in [0.2, 0.25) is 0 Å². The lowest BCUT2D eigenvalue weighted by molar-refractivity contribution is 0.00948. The molecule has 1 atom stereocenters. The lowest BCUT2D eigenvalue weighted by atomic mass is 10.0. The first-order valence-electron chi connectivity index (χ1n) is 8.45. The van der Waals surface area contributed by atoms with Gasteiger partial charge in [-0.15, -0.1) is 11.3 Å². The predicted molar refractivity (Wildman–Crippen MR) is 97.5 cm³/mol. The van der Waals surface area contributed by atoms with Crippen LogP contribution in [0, 0.1) is 0 Å². The minimum atomic E-state index is -0.713. The summed E-state index contributed by atoms with van der Waals surface area (Å²) in [6.45, 7) is 9.93. The number of aromatic nitrogens is 1. The SMILES string of the molecule is CC(C)(C)OC(=O)N1CCCC[C@H]1c1nccs1.CC(C)OC(N)=O. The second kappa shape index (κ2) is 9.60. The highest BCUT2D eigenvalue weighted by molar-refractivity contribution is 7.09. The lowest BCUT2D eigenvalue weighted by Crippen LogP contribution is -2.41. The Balaban J connectivity index is 0.000000381. The van der Waals surface area contributed by atoms with Gasteiger partial charge in [0, 0.05) is 18.1 Å². The van der Waals surface area contributed by atoms with E-state index in [2.05, 4.69) is 15.5 Å². The smallest absolute Gasteiger partial charge is 0.410 e.